The molecule has 1 aromatic heterocycles. The van der Waals surface area contributed by atoms with Crippen LogP contribution in [0.15, 0.2) is 0 Å². The first kappa shape index (κ1) is 23.7. The molecule has 0 aliphatic heterocycles. The van der Waals surface area contributed by atoms with Crippen molar-refractivity contribution in [2.24, 2.45) is 5.92 Å². The van der Waals surface area contributed by atoms with Crippen LogP contribution in [0, 0.1) is 19.8 Å². The monoisotopic (exact) mass is 393 g/mol. The van der Waals surface area contributed by atoms with Gasteiger partial charge in [0.25, 0.3) is 0 Å². The van der Waals surface area contributed by atoms with Gasteiger partial charge >= 0.3 is 12.0 Å². The van der Waals surface area contributed by atoms with E-state index in [0.29, 0.717) is 35.6 Å². The van der Waals surface area contributed by atoms with E-state index in [1.165, 1.54) is 12.0 Å². The quantitative estimate of drug-likeness (QED) is 0.567. The molecule has 1 heterocycles. The van der Waals surface area contributed by atoms with Gasteiger partial charge in [-0.1, -0.05) is 13.8 Å². The molecule has 0 unspecified atom stereocenters. The van der Waals surface area contributed by atoms with Gasteiger partial charge in [0.05, 0.1) is 13.7 Å². The van der Waals surface area contributed by atoms with E-state index in [4.69, 9.17) is 4.74 Å². The smallest absolute Gasteiger partial charge is 0.354 e. The minimum atomic E-state index is -0.467. The number of Topliss-reactive ketones (excluding diaryl/α,β-unsaturated/α-hetero) is 1. The van der Waals surface area contributed by atoms with Gasteiger partial charge in [0.1, 0.15) is 5.69 Å². The van der Waals surface area contributed by atoms with Crippen molar-refractivity contribution < 1.29 is 19.1 Å². The van der Waals surface area contributed by atoms with Crippen molar-refractivity contribution in [3.05, 3.63) is 22.5 Å². The van der Waals surface area contributed by atoms with E-state index in [-0.39, 0.29) is 24.3 Å². The summed E-state index contributed by atoms with van der Waals surface area (Å²) in [6.07, 6.45) is 0. The van der Waals surface area contributed by atoms with Crippen molar-refractivity contribution >= 4 is 17.8 Å². The van der Waals surface area contributed by atoms with Crippen LogP contribution in [0.4, 0.5) is 4.79 Å². The summed E-state index contributed by atoms with van der Waals surface area (Å²) in [5.41, 5.74) is 1.79. The molecule has 0 radical (unpaired) electrons. The topological polar surface area (TPSA) is 80.6 Å². The van der Waals surface area contributed by atoms with Crippen molar-refractivity contribution in [3.8, 4) is 0 Å². The van der Waals surface area contributed by atoms with Gasteiger partial charge in [-0.05, 0) is 53.0 Å². The zero-order valence-electron chi connectivity index (χ0n) is 18.7. The van der Waals surface area contributed by atoms with Gasteiger partial charge in [-0.25, -0.2) is 9.59 Å². The summed E-state index contributed by atoms with van der Waals surface area (Å²) in [7, 11) is 1.33. The lowest BCUT2D eigenvalue weighted by molar-refractivity contribution is 0.0587. The highest BCUT2D eigenvalue weighted by molar-refractivity contribution is 6.04. The zero-order valence-corrected chi connectivity index (χ0v) is 18.7. The number of rotatable bonds is 7. The number of ether oxygens (including phenoxy) is 1. The average Bonchev–Trinajstić information content (AvgIpc) is 2.81. The van der Waals surface area contributed by atoms with E-state index in [2.05, 4.69) is 5.32 Å². The first-order chi connectivity index (χ1) is 12.8. The zero-order chi connectivity index (χ0) is 21.8. The van der Waals surface area contributed by atoms with Crippen LogP contribution >= 0.6 is 0 Å². The van der Waals surface area contributed by atoms with E-state index in [9.17, 15) is 14.4 Å². The van der Waals surface area contributed by atoms with Crippen LogP contribution < -0.4 is 5.32 Å². The number of methoxy groups -OCH3 is 1. The number of ketones is 1. The third-order valence-electron chi connectivity index (χ3n) is 4.43. The predicted octanol–water partition coefficient (Wildman–Crippen LogP) is 3.56. The minimum Gasteiger partial charge on any atom is -0.464 e. The number of nitrogens with zero attached hydrogens (tertiary/aromatic N) is 2. The first-order valence-electron chi connectivity index (χ1n) is 9.72. The van der Waals surface area contributed by atoms with Gasteiger partial charge in [-0.15, -0.1) is 0 Å². The fourth-order valence-corrected chi connectivity index (χ4v) is 3.37. The van der Waals surface area contributed by atoms with Crippen LogP contribution in [0.5, 0.6) is 0 Å². The van der Waals surface area contributed by atoms with Crippen LogP contribution in [0.2, 0.25) is 0 Å². The lowest BCUT2D eigenvalue weighted by Gasteiger charge is -2.29. The van der Waals surface area contributed by atoms with E-state index in [1.807, 2.05) is 48.5 Å². The molecule has 1 rings (SSSR count). The number of nitrogens with one attached hydrogen (secondary N) is 1. The number of urea groups is 1. The first-order valence-corrected chi connectivity index (χ1v) is 9.72. The Hall–Kier alpha value is -2.31. The lowest BCUT2D eigenvalue weighted by Crippen LogP contribution is -2.50. The number of carbonyl (C=O) groups is 3. The van der Waals surface area contributed by atoms with Crippen molar-refractivity contribution in [2.75, 3.05) is 20.2 Å². The molecule has 0 fully saturated rings. The van der Waals surface area contributed by atoms with Crippen LogP contribution in [0.1, 0.15) is 73.6 Å². The third kappa shape index (κ3) is 5.59. The normalized spacial score (nSPS) is 11.5. The van der Waals surface area contributed by atoms with Crippen LogP contribution in [-0.4, -0.2) is 53.0 Å². The lowest BCUT2D eigenvalue weighted by atomic mass is 10.0. The third-order valence-corrected chi connectivity index (χ3v) is 4.43. The Morgan fingerprint density at radius 3 is 2.18 bits per heavy atom. The second-order valence-electron chi connectivity index (χ2n) is 8.55. The number of aromatic nitrogens is 1. The Labute approximate surface area is 168 Å². The minimum absolute atomic E-state index is 0.0455. The molecule has 2 amide bonds. The maximum atomic E-state index is 13.2. The highest BCUT2D eigenvalue weighted by Crippen LogP contribution is 2.24. The Kier molecular flexibility index (Phi) is 7.84. The number of amides is 2. The standard InChI is InChI=1S/C21H35N3O4/c1-10-24-15(5)17(14(4)18(24)19(26)28-9)16(25)12-23(11-13(2)3)20(27)22-21(6,7)8/h13H,10-12H2,1-9H3,(H,22,27). The molecule has 1 N–H and O–H groups in total. The van der Waals surface area contributed by atoms with E-state index < -0.39 is 11.5 Å². The molecule has 0 aliphatic rings. The van der Waals surface area contributed by atoms with Crippen LogP contribution in [0.25, 0.3) is 0 Å². The molecule has 0 saturated carbocycles. The Balaban J connectivity index is 3.26. The van der Waals surface area contributed by atoms with Gasteiger partial charge in [0.15, 0.2) is 5.78 Å². The molecule has 158 valence electrons. The van der Waals surface area contributed by atoms with E-state index in [0.717, 1.165) is 0 Å². The van der Waals surface area contributed by atoms with Crippen molar-refractivity contribution in [1.82, 2.24) is 14.8 Å². The fourth-order valence-electron chi connectivity index (χ4n) is 3.37. The van der Waals surface area contributed by atoms with E-state index >= 15 is 0 Å². The van der Waals surface area contributed by atoms with Gasteiger partial charge in [0.2, 0.25) is 0 Å². The molecule has 7 heteroatoms. The highest BCUT2D eigenvalue weighted by Gasteiger charge is 2.29. The number of esters is 1. The van der Waals surface area contributed by atoms with Crippen molar-refractivity contribution in [2.45, 2.75) is 67.5 Å². The van der Waals surface area contributed by atoms with Crippen molar-refractivity contribution in [1.29, 1.82) is 0 Å². The molecule has 1 aromatic rings. The second-order valence-corrected chi connectivity index (χ2v) is 8.55. The average molecular weight is 394 g/mol. The molecule has 28 heavy (non-hydrogen) atoms. The molecule has 7 nitrogen and oxygen atoms in total. The Morgan fingerprint density at radius 2 is 1.75 bits per heavy atom. The molecule has 0 aromatic carbocycles. The van der Waals surface area contributed by atoms with E-state index in [1.54, 1.807) is 11.5 Å². The van der Waals surface area contributed by atoms with Gasteiger partial charge in [-0.3, -0.25) is 4.79 Å². The number of hydrogen-bond donors (Lipinski definition) is 1. The fraction of sp³-hybridized carbons (Fsp3) is 0.667. The second kappa shape index (κ2) is 9.26. The summed E-state index contributed by atoms with van der Waals surface area (Å²) >= 11 is 0. The summed E-state index contributed by atoms with van der Waals surface area (Å²) in [5, 5.41) is 2.92. The largest absolute Gasteiger partial charge is 0.464 e. The van der Waals surface area contributed by atoms with Crippen LogP contribution in [0.3, 0.4) is 0 Å². The maximum Gasteiger partial charge on any atom is 0.354 e. The molecular weight excluding hydrogens is 358 g/mol. The Bertz CT molecular complexity index is 742. The maximum absolute atomic E-state index is 13.2. The van der Waals surface area contributed by atoms with Gasteiger partial charge in [-0.2, -0.15) is 0 Å². The summed E-state index contributed by atoms with van der Waals surface area (Å²) in [6, 6.07) is -0.270. The molecular formula is C21H35N3O4. The molecule has 0 bridgehead atoms. The summed E-state index contributed by atoms with van der Waals surface area (Å²) in [4.78, 5) is 39.6. The molecule has 0 aliphatic carbocycles. The highest BCUT2D eigenvalue weighted by atomic mass is 16.5. The Morgan fingerprint density at radius 1 is 1.18 bits per heavy atom. The van der Waals surface area contributed by atoms with Gasteiger partial charge < -0.3 is 19.5 Å². The summed E-state index contributed by atoms with van der Waals surface area (Å²) in [6.45, 7) is 16.1. The number of carbonyl (C=O) groups excluding carboxylic acids is 3. The summed E-state index contributed by atoms with van der Waals surface area (Å²) in [5.74, 6) is -0.436. The van der Waals surface area contributed by atoms with Gasteiger partial charge in [0, 0.05) is 29.9 Å². The molecule has 0 atom stereocenters. The summed E-state index contributed by atoms with van der Waals surface area (Å²) < 4.78 is 6.68. The predicted molar refractivity (Wildman–Crippen MR) is 110 cm³/mol. The van der Waals surface area contributed by atoms with Crippen LogP contribution in [-0.2, 0) is 11.3 Å². The molecule has 0 saturated heterocycles. The SMILES string of the molecule is CCn1c(C)c(C(=O)CN(CC(C)C)C(=O)NC(C)(C)C)c(C)c1C(=O)OC. The molecule has 0 spiro atoms. The number of hydrogen-bond acceptors (Lipinski definition) is 4. The van der Waals surface area contributed by atoms with Crippen molar-refractivity contribution in [3.63, 3.8) is 0 Å².